The second-order valence-electron chi connectivity index (χ2n) is 4.78. The molecule has 1 rings (SSSR count). The molecule has 88 valence electrons. The minimum atomic E-state index is -0.616. The smallest absolute Gasteiger partial charge is 0.224 e. The predicted molar refractivity (Wildman–Crippen MR) is 62.3 cm³/mol. The fourth-order valence-corrected chi connectivity index (χ4v) is 1.66. The molecule has 0 saturated carbocycles. The fourth-order valence-electron chi connectivity index (χ4n) is 1.66. The van der Waals surface area contributed by atoms with Gasteiger partial charge in [0.15, 0.2) is 6.29 Å². The van der Waals surface area contributed by atoms with Crippen LogP contribution >= 0.6 is 0 Å². The molecule has 2 N–H and O–H groups in total. The maximum absolute atomic E-state index is 11.3. The quantitative estimate of drug-likeness (QED) is 0.783. The van der Waals surface area contributed by atoms with Crippen molar-refractivity contribution >= 4 is 12.2 Å². The number of carbonyl (C=O) groups excluding carboxylic acids is 2. The number of primary amides is 1. The molecular weight excluding hydrogens is 204 g/mol. The van der Waals surface area contributed by atoms with Crippen LogP contribution in [0.4, 0.5) is 0 Å². The first-order valence-corrected chi connectivity index (χ1v) is 5.21. The summed E-state index contributed by atoms with van der Waals surface area (Å²) in [5.74, 6) is -0.340. The van der Waals surface area contributed by atoms with Gasteiger partial charge in [-0.05, 0) is 33.8 Å². The topological polar surface area (TPSA) is 65.1 Å². The van der Waals surface area contributed by atoms with Crippen molar-refractivity contribution in [1.82, 2.24) is 4.57 Å². The summed E-state index contributed by atoms with van der Waals surface area (Å²) in [6.07, 6.45) is 0.829. The molecule has 0 aliphatic rings. The highest BCUT2D eigenvalue weighted by atomic mass is 16.1. The van der Waals surface area contributed by atoms with Gasteiger partial charge in [-0.15, -0.1) is 0 Å². The molecule has 0 spiro atoms. The number of aromatic nitrogens is 1. The van der Waals surface area contributed by atoms with E-state index in [0.717, 1.165) is 17.7 Å². The summed E-state index contributed by atoms with van der Waals surface area (Å²) in [6.45, 7) is 7.88. The number of aldehydes is 1. The van der Waals surface area contributed by atoms with Gasteiger partial charge in [0.2, 0.25) is 5.91 Å². The van der Waals surface area contributed by atoms with Crippen LogP contribution in [0.3, 0.4) is 0 Å². The first-order chi connectivity index (χ1) is 7.29. The van der Waals surface area contributed by atoms with Crippen molar-refractivity contribution in [2.45, 2.75) is 34.2 Å². The van der Waals surface area contributed by atoms with Crippen LogP contribution in [0, 0.1) is 19.3 Å². The molecule has 4 heteroatoms. The molecule has 1 aromatic rings. The molecule has 4 nitrogen and oxygen atoms in total. The number of rotatable bonds is 4. The molecule has 0 aliphatic carbocycles. The molecule has 0 radical (unpaired) electrons. The number of carbonyl (C=O) groups is 2. The molecule has 0 aromatic carbocycles. The third-order valence-corrected chi connectivity index (χ3v) is 2.96. The lowest BCUT2D eigenvalue weighted by molar-refractivity contribution is -0.126. The van der Waals surface area contributed by atoms with Gasteiger partial charge < -0.3 is 10.3 Å². The van der Waals surface area contributed by atoms with E-state index in [2.05, 4.69) is 0 Å². The second kappa shape index (κ2) is 4.12. The second-order valence-corrected chi connectivity index (χ2v) is 4.78. The van der Waals surface area contributed by atoms with Gasteiger partial charge in [-0.1, -0.05) is 0 Å². The van der Waals surface area contributed by atoms with Gasteiger partial charge in [0, 0.05) is 23.5 Å². The Morgan fingerprint density at radius 1 is 1.50 bits per heavy atom. The molecule has 0 saturated heterocycles. The summed E-state index contributed by atoms with van der Waals surface area (Å²) in [5.41, 5.74) is 7.23. The van der Waals surface area contributed by atoms with E-state index < -0.39 is 5.41 Å². The van der Waals surface area contributed by atoms with Gasteiger partial charge in [0.05, 0.1) is 5.41 Å². The Bertz CT molecular complexity index is 430. The Morgan fingerprint density at radius 3 is 2.44 bits per heavy atom. The van der Waals surface area contributed by atoms with E-state index in [0.29, 0.717) is 12.1 Å². The van der Waals surface area contributed by atoms with E-state index in [1.54, 1.807) is 13.8 Å². The Labute approximate surface area is 95.4 Å². The van der Waals surface area contributed by atoms with Crippen LogP contribution in [0.1, 0.15) is 35.6 Å². The van der Waals surface area contributed by atoms with E-state index in [1.807, 2.05) is 24.5 Å². The molecule has 0 aliphatic heterocycles. The SMILES string of the molecule is Cc1cc(C=O)c(C)n1CC(C)(C)C(N)=O. The zero-order valence-corrected chi connectivity index (χ0v) is 10.2. The highest BCUT2D eigenvalue weighted by molar-refractivity contribution is 5.80. The number of nitrogens with two attached hydrogens (primary N) is 1. The van der Waals surface area contributed by atoms with Crippen LogP contribution in [0.5, 0.6) is 0 Å². The number of aryl methyl sites for hydroxylation is 1. The van der Waals surface area contributed by atoms with Crippen molar-refractivity contribution < 1.29 is 9.59 Å². The first-order valence-electron chi connectivity index (χ1n) is 5.21. The van der Waals surface area contributed by atoms with Crippen LogP contribution in [0.2, 0.25) is 0 Å². The van der Waals surface area contributed by atoms with Crippen LogP contribution in [-0.4, -0.2) is 16.8 Å². The molecule has 0 bridgehead atoms. The van der Waals surface area contributed by atoms with Crippen molar-refractivity contribution in [3.8, 4) is 0 Å². The van der Waals surface area contributed by atoms with Gasteiger partial charge in [-0.25, -0.2) is 0 Å². The Hall–Kier alpha value is -1.58. The maximum Gasteiger partial charge on any atom is 0.224 e. The molecule has 1 heterocycles. The fraction of sp³-hybridized carbons (Fsp3) is 0.500. The average Bonchev–Trinajstić information content (AvgIpc) is 2.44. The lowest BCUT2D eigenvalue weighted by Crippen LogP contribution is -2.35. The summed E-state index contributed by atoms with van der Waals surface area (Å²) >= 11 is 0. The number of nitrogens with zero attached hydrogens (tertiary/aromatic N) is 1. The Balaban J connectivity index is 3.11. The summed E-state index contributed by atoms with van der Waals surface area (Å²) < 4.78 is 1.95. The number of amides is 1. The molecule has 16 heavy (non-hydrogen) atoms. The van der Waals surface area contributed by atoms with Crippen LogP contribution in [0.25, 0.3) is 0 Å². The van der Waals surface area contributed by atoms with E-state index in [-0.39, 0.29) is 5.91 Å². The lowest BCUT2D eigenvalue weighted by Gasteiger charge is -2.23. The molecule has 0 unspecified atom stereocenters. The normalized spacial score (nSPS) is 11.5. The first kappa shape index (κ1) is 12.5. The van der Waals surface area contributed by atoms with E-state index in [4.69, 9.17) is 5.73 Å². The standard InChI is InChI=1S/C12H18N2O2/c1-8-5-10(6-15)9(2)14(8)7-12(3,4)11(13)16/h5-6H,7H2,1-4H3,(H2,13,16). The summed E-state index contributed by atoms with van der Waals surface area (Å²) in [4.78, 5) is 22.1. The van der Waals surface area contributed by atoms with Crippen molar-refractivity contribution in [2.24, 2.45) is 11.1 Å². The number of hydrogen-bond donors (Lipinski definition) is 1. The molecular formula is C12H18N2O2. The minimum Gasteiger partial charge on any atom is -0.369 e. The molecule has 1 aromatic heterocycles. The molecule has 1 amide bonds. The lowest BCUT2D eigenvalue weighted by atomic mass is 9.92. The van der Waals surface area contributed by atoms with Crippen molar-refractivity contribution in [3.05, 3.63) is 23.0 Å². The van der Waals surface area contributed by atoms with Gasteiger partial charge in [0.25, 0.3) is 0 Å². The third kappa shape index (κ3) is 2.15. The minimum absolute atomic E-state index is 0.340. The van der Waals surface area contributed by atoms with Gasteiger partial charge in [0.1, 0.15) is 0 Å². The number of hydrogen-bond acceptors (Lipinski definition) is 2. The Morgan fingerprint density at radius 2 is 2.06 bits per heavy atom. The monoisotopic (exact) mass is 222 g/mol. The van der Waals surface area contributed by atoms with Crippen molar-refractivity contribution in [1.29, 1.82) is 0 Å². The summed E-state index contributed by atoms with van der Waals surface area (Å²) in [6, 6.07) is 1.82. The molecule has 0 atom stereocenters. The third-order valence-electron chi connectivity index (χ3n) is 2.96. The van der Waals surface area contributed by atoms with Crippen molar-refractivity contribution in [2.75, 3.05) is 0 Å². The van der Waals surface area contributed by atoms with Gasteiger partial charge in [-0.2, -0.15) is 0 Å². The zero-order chi connectivity index (χ0) is 12.5. The van der Waals surface area contributed by atoms with Crippen LogP contribution < -0.4 is 5.73 Å². The summed E-state index contributed by atoms with van der Waals surface area (Å²) in [7, 11) is 0. The Kier molecular flexibility index (Phi) is 3.21. The predicted octanol–water partition coefficient (Wildman–Crippen LogP) is 1.43. The largest absolute Gasteiger partial charge is 0.369 e. The van der Waals surface area contributed by atoms with E-state index in [9.17, 15) is 9.59 Å². The van der Waals surface area contributed by atoms with E-state index >= 15 is 0 Å². The van der Waals surface area contributed by atoms with Gasteiger partial charge >= 0.3 is 0 Å². The van der Waals surface area contributed by atoms with Gasteiger partial charge in [-0.3, -0.25) is 9.59 Å². The van der Waals surface area contributed by atoms with Crippen LogP contribution in [-0.2, 0) is 11.3 Å². The summed E-state index contributed by atoms with van der Waals surface area (Å²) in [5, 5.41) is 0. The van der Waals surface area contributed by atoms with Crippen molar-refractivity contribution in [3.63, 3.8) is 0 Å². The molecule has 0 fully saturated rings. The maximum atomic E-state index is 11.3. The van der Waals surface area contributed by atoms with Crippen LogP contribution in [0.15, 0.2) is 6.07 Å². The zero-order valence-electron chi connectivity index (χ0n) is 10.2. The highest BCUT2D eigenvalue weighted by Crippen LogP contribution is 2.22. The highest BCUT2D eigenvalue weighted by Gasteiger charge is 2.26. The van der Waals surface area contributed by atoms with E-state index in [1.165, 1.54) is 0 Å². The average molecular weight is 222 g/mol.